The van der Waals surface area contributed by atoms with Gasteiger partial charge in [-0.15, -0.1) is 10.2 Å². The number of amides is 1. The molecule has 1 aromatic heterocycles. The highest BCUT2D eigenvalue weighted by atomic mass is 32.2. The highest BCUT2D eigenvalue weighted by Gasteiger charge is 2.22. The van der Waals surface area contributed by atoms with Crippen molar-refractivity contribution in [1.82, 2.24) is 18.8 Å². The van der Waals surface area contributed by atoms with Gasteiger partial charge in [0.25, 0.3) is 5.22 Å². The van der Waals surface area contributed by atoms with Gasteiger partial charge >= 0.3 is 0 Å². The highest BCUT2D eigenvalue weighted by molar-refractivity contribution is 7.99. The molecule has 3 rings (SSSR count). The van der Waals surface area contributed by atoms with Gasteiger partial charge in [-0.25, -0.2) is 21.1 Å². The number of carbonyl (C=O) groups excluding carboxylic acids is 1. The average Bonchev–Trinajstić information content (AvgIpc) is 3.33. The molecular formula is C22H27N5O6S3. The minimum Gasteiger partial charge on any atom is -0.411 e. The van der Waals surface area contributed by atoms with Crippen molar-refractivity contribution in [3.05, 3.63) is 48.5 Å². The van der Waals surface area contributed by atoms with Crippen molar-refractivity contribution < 1.29 is 26.0 Å². The van der Waals surface area contributed by atoms with E-state index < -0.39 is 20.0 Å². The predicted octanol–water partition coefficient (Wildman–Crippen LogP) is 2.75. The van der Waals surface area contributed by atoms with Gasteiger partial charge in [0, 0.05) is 38.4 Å². The van der Waals surface area contributed by atoms with Crippen LogP contribution in [0.2, 0.25) is 0 Å². The fraction of sp³-hybridized carbons (Fsp3) is 0.318. The fourth-order valence-corrected chi connectivity index (χ4v) is 6.04. The zero-order valence-corrected chi connectivity index (χ0v) is 22.7. The fourth-order valence-electron chi connectivity index (χ4n) is 3.11. The summed E-state index contributed by atoms with van der Waals surface area (Å²) in [7, 11) is -4.23. The molecule has 36 heavy (non-hydrogen) atoms. The first-order valence-electron chi connectivity index (χ1n) is 10.9. The Morgan fingerprint density at radius 2 is 1.44 bits per heavy atom. The minimum absolute atomic E-state index is 0.0135. The molecule has 0 aliphatic carbocycles. The van der Waals surface area contributed by atoms with Gasteiger partial charge in [0.2, 0.25) is 31.8 Å². The largest absolute Gasteiger partial charge is 0.411 e. The Kier molecular flexibility index (Phi) is 8.89. The van der Waals surface area contributed by atoms with E-state index in [0.717, 1.165) is 16.1 Å². The van der Waals surface area contributed by atoms with E-state index in [1.54, 1.807) is 26.0 Å². The monoisotopic (exact) mass is 553 g/mol. The number of nitrogens with one attached hydrogen (secondary N) is 1. The van der Waals surface area contributed by atoms with Crippen molar-refractivity contribution in [2.75, 3.05) is 38.3 Å². The van der Waals surface area contributed by atoms with Gasteiger partial charge in [-0.05, 0) is 48.5 Å². The van der Waals surface area contributed by atoms with Crippen molar-refractivity contribution in [2.45, 2.75) is 28.9 Å². The van der Waals surface area contributed by atoms with Gasteiger partial charge in [0.05, 0.1) is 15.5 Å². The number of benzene rings is 2. The van der Waals surface area contributed by atoms with Crippen LogP contribution in [-0.2, 0) is 24.8 Å². The molecule has 1 heterocycles. The molecule has 0 spiro atoms. The van der Waals surface area contributed by atoms with Crippen LogP contribution in [0, 0.1) is 0 Å². The summed E-state index contributed by atoms with van der Waals surface area (Å²) in [5, 5.41) is 10.7. The van der Waals surface area contributed by atoms with Crippen LogP contribution in [0.5, 0.6) is 0 Å². The highest BCUT2D eigenvalue weighted by Crippen LogP contribution is 2.25. The van der Waals surface area contributed by atoms with Gasteiger partial charge in [0.1, 0.15) is 0 Å². The molecule has 0 aliphatic rings. The van der Waals surface area contributed by atoms with Gasteiger partial charge in [-0.1, -0.05) is 25.6 Å². The molecule has 0 radical (unpaired) electrons. The van der Waals surface area contributed by atoms with E-state index in [9.17, 15) is 21.6 Å². The van der Waals surface area contributed by atoms with Gasteiger partial charge < -0.3 is 9.73 Å². The standard InChI is InChI=1S/C22H27N5O6S3/c1-5-27(6-2)36(31,32)19-11-7-16(8-12-19)21-24-25-22(33-21)34-15-20(28)23-17-9-13-18(14-10-17)35(29,30)26(3)4/h7-14H,5-6,15H2,1-4H3,(H,23,28). The number of carbonyl (C=O) groups is 1. The van der Waals surface area contributed by atoms with Crippen molar-refractivity contribution in [2.24, 2.45) is 0 Å². The lowest BCUT2D eigenvalue weighted by Crippen LogP contribution is -2.30. The first-order valence-corrected chi connectivity index (χ1v) is 14.7. The Balaban J connectivity index is 1.59. The van der Waals surface area contributed by atoms with E-state index in [4.69, 9.17) is 4.42 Å². The van der Waals surface area contributed by atoms with Gasteiger partial charge in [-0.3, -0.25) is 4.79 Å². The van der Waals surface area contributed by atoms with Crippen LogP contribution in [-0.4, -0.2) is 74.5 Å². The maximum Gasteiger partial charge on any atom is 0.277 e. The molecule has 0 unspecified atom stereocenters. The second-order valence-corrected chi connectivity index (χ2v) is 12.7. The number of thioether (sulfide) groups is 1. The summed E-state index contributed by atoms with van der Waals surface area (Å²) in [6.45, 7) is 4.31. The normalized spacial score (nSPS) is 12.3. The molecular weight excluding hydrogens is 526 g/mol. The molecule has 14 heteroatoms. The van der Waals surface area contributed by atoms with E-state index in [1.165, 1.54) is 54.8 Å². The Labute approximate surface area is 215 Å². The summed E-state index contributed by atoms with van der Waals surface area (Å²) in [4.78, 5) is 12.6. The number of anilines is 1. The summed E-state index contributed by atoms with van der Waals surface area (Å²) in [5.74, 6) is -0.156. The second-order valence-electron chi connectivity index (χ2n) is 7.64. The molecule has 0 saturated carbocycles. The first kappa shape index (κ1) is 27.8. The summed E-state index contributed by atoms with van der Waals surface area (Å²) in [5.41, 5.74) is 0.995. The first-order chi connectivity index (χ1) is 17.0. The predicted molar refractivity (Wildman–Crippen MR) is 137 cm³/mol. The number of nitrogens with zero attached hydrogens (tertiary/aromatic N) is 4. The van der Waals surface area contributed by atoms with E-state index >= 15 is 0 Å². The van der Waals surface area contributed by atoms with Crippen molar-refractivity contribution in [3.8, 4) is 11.5 Å². The van der Waals surface area contributed by atoms with Crippen molar-refractivity contribution in [1.29, 1.82) is 0 Å². The molecule has 0 aliphatic heterocycles. The molecule has 0 fully saturated rings. The summed E-state index contributed by atoms with van der Waals surface area (Å²) >= 11 is 1.03. The van der Waals surface area contributed by atoms with Crippen LogP contribution in [0.4, 0.5) is 5.69 Å². The lowest BCUT2D eigenvalue weighted by molar-refractivity contribution is -0.113. The number of rotatable bonds is 11. The van der Waals surface area contributed by atoms with Crippen molar-refractivity contribution in [3.63, 3.8) is 0 Å². The Hall–Kier alpha value is -2.78. The average molecular weight is 554 g/mol. The quantitative estimate of drug-likeness (QED) is 0.355. The smallest absolute Gasteiger partial charge is 0.277 e. The molecule has 1 N–H and O–H groups in total. The molecule has 0 bridgehead atoms. The lowest BCUT2D eigenvalue weighted by atomic mass is 10.2. The molecule has 3 aromatic rings. The van der Waals surface area contributed by atoms with Crippen LogP contribution in [0.3, 0.4) is 0 Å². The third kappa shape index (κ3) is 6.31. The van der Waals surface area contributed by atoms with Gasteiger partial charge in [0.15, 0.2) is 0 Å². The third-order valence-corrected chi connectivity index (χ3v) is 9.81. The number of sulfonamides is 2. The molecule has 1 amide bonds. The number of aromatic nitrogens is 2. The second kappa shape index (κ2) is 11.5. The van der Waals surface area contributed by atoms with Crippen LogP contribution in [0.1, 0.15) is 13.8 Å². The molecule has 0 saturated heterocycles. The van der Waals surface area contributed by atoms with Gasteiger partial charge in [-0.2, -0.15) is 4.31 Å². The SMILES string of the molecule is CCN(CC)S(=O)(=O)c1ccc(-c2nnc(SCC(=O)Nc3ccc(S(=O)(=O)N(C)C)cc3)o2)cc1. The van der Waals surface area contributed by atoms with E-state index in [1.807, 2.05) is 0 Å². The summed E-state index contributed by atoms with van der Waals surface area (Å²) in [6, 6.07) is 12.0. The maximum absolute atomic E-state index is 12.6. The van der Waals surface area contributed by atoms with Crippen LogP contribution >= 0.6 is 11.8 Å². The molecule has 11 nitrogen and oxygen atoms in total. The summed E-state index contributed by atoms with van der Waals surface area (Å²) in [6.07, 6.45) is 0. The topological polar surface area (TPSA) is 143 Å². The Morgan fingerprint density at radius 3 is 2.00 bits per heavy atom. The maximum atomic E-state index is 12.6. The van der Waals surface area contributed by atoms with E-state index in [0.29, 0.717) is 24.3 Å². The van der Waals surface area contributed by atoms with Crippen LogP contribution in [0.25, 0.3) is 11.5 Å². The molecule has 2 aromatic carbocycles. The molecule has 0 atom stereocenters. The number of hydrogen-bond acceptors (Lipinski definition) is 9. The van der Waals surface area contributed by atoms with Crippen LogP contribution < -0.4 is 5.32 Å². The third-order valence-electron chi connectivity index (χ3n) is 5.09. The van der Waals surface area contributed by atoms with E-state index in [-0.39, 0.29) is 32.6 Å². The van der Waals surface area contributed by atoms with Crippen molar-refractivity contribution >= 4 is 43.4 Å². The zero-order chi connectivity index (χ0) is 26.5. The lowest BCUT2D eigenvalue weighted by Gasteiger charge is -2.18. The van der Waals surface area contributed by atoms with Crippen LogP contribution in [0.15, 0.2) is 68.0 Å². The Morgan fingerprint density at radius 1 is 0.889 bits per heavy atom. The minimum atomic E-state index is -3.57. The Bertz CT molecular complexity index is 1400. The summed E-state index contributed by atoms with van der Waals surface area (Å²) < 4.78 is 57.6. The van der Waals surface area contributed by atoms with E-state index in [2.05, 4.69) is 15.5 Å². The zero-order valence-electron chi connectivity index (χ0n) is 20.2. The number of hydrogen-bond donors (Lipinski definition) is 1. The molecule has 194 valence electrons.